The number of benzene rings is 1. The third kappa shape index (κ3) is 5.54. The van der Waals surface area contributed by atoms with Crippen LogP contribution in [0.15, 0.2) is 18.2 Å². The second-order valence-electron chi connectivity index (χ2n) is 3.99. The van der Waals surface area contributed by atoms with E-state index in [1.807, 2.05) is 0 Å². The number of anilines is 2. The Kier molecular flexibility index (Phi) is 6.40. The molecule has 0 aliphatic heterocycles. The normalized spacial score (nSPS) is 10.5. The highest BCUT2D eigenvalue weighted by Gasteiger charge is 2.00. The maximum atomic E-state index is 13.4. The van der Waals surface area contributed by atoms with Gasteiger partial charge >= 0.3 is 0 Å². The molecule has 1 rings (SSSR count). The number of halogens is 1. The average Bonchev–Trinajstić information content (AvgIpc) is 2.30. The molecule has 0 saturated carbocycles. The van der Waals surface area contributed by atoms with Crippen LogP contribution in [0.4, 0.5) is 15.8 Å². The highest BCUT2D eigenvalue weighted by atomic mass is 19.1. The number of hydrogen-bond donors (Lipinski definition) is 2. The Morgan fingerprint density at radius 1 is 1.29 bits per heavy atom. The summed E-state index contributed by atoms with van der Waals surface area (Å²) in [5, 5.41) is 3.02. The molecular formula is C13H21FN2O. The SMILES string of the molecule is CCCCOCCCNc1ccc(N)cc1F. The van der Waals surface area contributed by atoms with Crippen LogP contribution in [-0.2, 0) is 4.74 Å². The van der Waals surface area contributed by atoms with Crippen molar-refractivity contribution in [3.8, 4) is 0 Å². The van der Waals surface area contributed by atoms with Crippen LogP contribution < -0.4 is 11.1 Å². The van der Waals surface area contributed by atoms with Gasteiger partial charge in [0.2, 0.25) is 0 Å². The van der Waals surface area contributed by atoms with Crippen molar-refractivity contribution in [2.45, 2.75) is 26.2 Å². The Bertz CT molecular complexity index is 331. The maximum Gasteiger partial charge on any atom is 0.148 e. The van der Waals surface area contributed by atoms with Gasteiger partial charge in [-0.05, 0) is 31.0 Å². The molecule has 0 amide bonds. The van der Waals surface area contributed by atoms with Crippen LogP contribution in [0.2, 0.25) is 0 Å². The lowest BCUT2D eigenvalue weighted by molar-refractivity contribution is 0.131. The number of rotatable bonds is 8. The Morgan fingerprint density at radius 2 is 2.06 bits per heavy atom. The predicted octanol–water partition coefficient (Wildman–Crippen LogP) is 3.03. The fourth-order valence-electron chi connectivity index (χ4n) is 1.42. The predicted molar refractivity (Wildman–Crippen MR) is 69.6 cm³/mol. The highest BCUT2D eigenvalue weighted by molar-refractivity contribution is 5.52. The topological polar surface area (TPSA) is 47.3 Å². The monoisotopic (exact) mass is 240 g/mol. The lowest BCUT2D eigenvalue weighted by Crippen LogP contribution is -2.07. The van der Waals surface area contributed by atoms with Crippen LogP contribution in [0.25, 0.3) is 0 Å². The number of unbranched alkanes of at least 4 members (excludes halogenated alkanes) is 1. The average molecular weight is 240 g/mol. The molecule has 3 N–H and O–H groups in total. The van der Waals surface area contributed by atoms with E-state index in [2.05, 4.69) is 12.2 Å². The van der Waals surface area contributed by atoms with Crippen molar-refractivity contribution in [1.82, 2.24) is 0 Å². The third-order valence-corrected chi connectivity index (χ3v) is 2.42. The van der Waals surface area contributed by atoms with Gasteiger partial charge in [0.05, 0.1) is 5.69 Å². The van der Waals surface area contributed by atoms with E-state index in [4.69, 9.17) is 10.5 Å². The first-order valence-electron chi connectivity index (χ1n) is 6.10. The standard InChI is InChI=1S/C13H21FN2O/c1-2-3-8-17-9-4-7-16-13-6-5-11(15)10-12(13)14/h5-6,10,16H,2-4,7-9,15H2,1H3. The zero-order chi connectivity index (χ0) is 12.5. The van der Waals surface area contributed by atoms with E-state index in [1.165, 1.54) is 6.07 Å². The molecule has 0 atom stereocenters. The minimum Gasteiger partial charge on any atom is -0.399 e. The Morgan fingerprint density at radius 3 is 2.76 bits per heavy atom. The molecule has 1 aromatic rings. The summed E-state index contributed by atoms with van der Waals surface area (Å²) in [5.41, 5.74) is 6.40. The van der Waals surface area contributed by atoms with E-state index < -0.39 is 0 Å². The van der Waals surface area contributed by atoms with Crippen molar-refractivity contribution >= 4 is 11.4 Å². The lowest BCUT2D eigenvalue weighted by atomic mass is 10.2. The van der Waals surface area contributed by atoms with E-state index in [9.17, 15) is 4.39 Å². The van der Waals surface area contributed by atoms with Crippen molar-refractivity contribution < 1.29 is 9.13 Å². The molecule has 0 heterocycles. The van der Waals surface area contributed by atoms with E-state index in [0.717, 1.165) is 25.9 Å². The highest BCUT2D eigenvalue weighted by Crippen LogP contribution is 2.16. The van der Waals surface area contributed by atoms with E-state index in [-0.39, 0.29) is 5.82 Å². The first kappa shape index (κ1) is 13.8. The second kappa shape index (κ2) is 7.90. The molecule has 0 fully saturated rings. The van der Waals surface area contributed by atoms with Gasteiger partial charge in [-0.1, -0.05) is 13.3 Å². The molecule has 0 spiro atoms. The number of nitrogen functional groups attached to an aromatic ring is 1. The number of hydrogen-bond acceptors (Lipinski definition) is 3. The Balaban J connectivity index is 2.14. The molecule has 0 unspecified atom stereocenters. The minimum atomic E-state index is -0.308. The van der Waals surface area contributed by atoms with Gasteiger partial charge in [0.15, 0.2) is 0 Å². The van der Waals surface area contributed by atoms with Crippen LogP contribution in [0.3, 0.4) is 0 Å². The molecule has 0 aliphatic rings. The lowest BCUT2D eigenvalue weighted by Gasteiger charge is -2.08. The van der Waals surface area contributed by atoms with E-state index >= 15 is 0 Å². The van der Waals surface area contributed by atoms with Gasteiger partial charge in [-0.25, -0.2) is 4.39 Å². The summed E-state index contributed by atoms with van der Waals surface area (Å²) in [5.74, 6) is -0.308. The van der Waals surface area contributed by atoms with Crippen molar-refractivity contribution in [3.63, 3.8) is 0 Å². The number of nitrogens with two attached hydrogens (primary N) is 1. The Labute approximate surface area is 102 Å². The molecule has 4 heteroatoms. The molecule has 17 heavy (non-hydrogen) atoms. The second-order valence-corrected chi connectivity index (χ2v) is 3.99. The Hall–Kier alpha value is -1.29. The van der Waals surface area contributed by atoms with Crippen molar-refractivity contribution in [2.24, 2.45) is 0 Å². The molecule has 0 aromatic heterocycles. The number of ether oxygens (including phenoxy) is 1. The van der Waals surface area contributed by atoms with Gasteiger partial charge in [-0.2, -0.15) is 0 Å². The number of nitrogens with one attached hydrogen (secondary N) is 1. The summed E-state index contributed by atoms with van der Waals surface area (Å²) in [6.07, 6.45) is 3.11. The zero-order valence-electron chi connectivity index (χ0n) is 10.3. The van der Waals surface area contributed by atoms with Gasteiger partial charge in [0, 0.05) is 25.4 Å². The maximum absolute atomic E-state index is 13.4. The molecule has 3 nitrogen and oxygen atoms in total. The van der Waals surface area contributed by atoms with Gasteiger partial charge in [0.1, 0.15) is 5.82 Å². The van der Waals surface area contributed by atoms with E-state index in [0.29, 0.717) is 24.5 Å². The van der Waals surface area contributed by atoms with Crippen LogP contribution in [-0.4, -0.2) is 19.8 Å². The quantitative estimate of drug-likeness (QED) is 0.542. The van der Waals surface area contributed by atoms with Crippen LogP contribution >= 0.6 is 0 Å². The fraction of sp³-hybridized carbons (Fsp3) is 0.538. The molecular weight excluding hydrogens is 219 g/mol. The summed E-state index contributed by atoms with van der Waals surface area (Å²) < 4.78 is 18.8. The van der Waals surface area contributed by atoms with Gasteiger partial charge < -0.3 is 15.8 Å². The molecule has 0 saturated heterocycles. The van der Waals surface area contributed by atoms with Gasteiger partial charge in [-0.15, -0.1) is 0 Å². The van der Waals surface area contributed by atoms with Crippen molar-refractivity contribution in [2.75, 3.05) is 30.8 Å². The van der Waals surface area contributed by atoms with Crippen molar-refractivity contribution in [3.05, 3.63) is 24.0 Å². The summed E-state index contributed by atoms with van der Waals surface area (Å²) >= 11 is 0. The molecule has 0 aliphatic carbocycles. The first-order valence-corrected chi connectivity index (χ1v) is 6.10. The van der Waals surface area contributed by atoms with Crippen LogP contribution in [0, 0.1) is 5.82 Å². The molecule has 0 bridgehead atoms. The van der Waals surface area contributed by atoms with Crippen molar-refractivity contribution in [1.29, 1.82) is 0 Å². The largest absolute Gasteiger partial charge is 0.399 e. The molecule has 96 valence electrons. The zero-order valence-corrected chi connectivity index (χ0v) is 10.3. The smallest absolute Gasteiger partial charge is 0.148 e. The van der Waals surface area contributed by atoms with Gasteiger partial charge in [0.25, 0.3) is 0 Å². The first-order chi connectivity index (χ1) is 8.24. The molecule has 1 aromatic carbocycles. The van der Waals surface area contributed by atoms with E-state index in [1.54, 1.807) is 12.1 Å². The summed E-state index contributed by atoms with van der Waals surface area (Å²) in [6, 6.07) is 4.66. The third-order valence-electron chi connectivity index (χ3n) is 2.42. The van der Waals surface area contributed by atoms with Crippen LogP contribution in [0.5, 0.6) is 0 Å². The van der Waals surface area contributed by atoms with Gasteiger partial charge in [-0.3, -0.25) is 0 Å². The summed E-state index contributed by atoms with van der Waals surface area (Å²) in [6.45, 7) is 4.36. The summed E-state index contributed by atoms with van der Waals surface area (Å²) in [4.78, 5) is 0. The fourth-order valence-corrected chi connectivity index (χ4v) is 1.42. The summed E-state index contributed by atoms with van der Waals surface area (Å²) in [7, 11) is 0. The molecule has 0 radical (unpaired) electrons. The minimum absolute atomic E-state index is 0.308. The van der Waals surface area contributed by atoms with Crippen LogP contribution in [0.1, 0.15) is 26.2 Å².